The van der Waals surface area contributed by atoms with Gasteiger partial charge in [0.15, 0.2) is 16.6 Å². The lowest BCUT2D eigenvalue weighted by atomic mass is 9.85. The zero-order valence-corrected chi connectivity index (χ0v) is 18.3. The molecule has 3 heterocycles. The molecular formula is C20H20ClN7O2S. The Hall–Kier alpha value is -2.98. The summed E-state index contributed by atoms with van der Waals surface area (Å²) in [7, 11) is 1.63. The normalized spacial score (nSPS) is 19.0. The van der Waals surface area contributed by atoms with Gasteiger partial charge in [-0.2, -0.15) is 9.97 Å². The van der Waals surface area contributed by atoms with Crippen LogP contribution in [0.15, 0.2) is 24.5 Å². The highest BCUT2D eigenvalue weighted by atomic mass is 35.5. The van der Waals surface area contributed by atoms with E-state index in [9.17, 15) is 4.79 Å². The standard InChI is InChI=1S/C20H20ClN7O2S/c1-30-12-6-7-13-14(8-12)31-20(24-13)27-18(29)10-2-4-11(5-3-10)28-9-23-15-16(22)25-19(21)26-17(15)28/h6-11H,2-5H2,1H3,(H2,22,25,26)(H,24,27,29). The minimum atomic E-state index is -0.0594. The molecular weight excluding hydrogens is 438 g/mol. The maximum absolute atomic E-state index is 12.8. The monoisotopic (exact) mass is 457 g/mol. The average Bonchev–Trinajstić information content (AvgIpc) is 3.36. The van der Waals surface area contributed by atoms with E-state index in [-0.39, 0.29) is 29.0 Å². The van der Waals surface area contributed by atoms with Crippen LogP contribution in [0.25, 0.3) is 21.4 Å². The second kappa shape index (κ2) is 7.93. The molecule has 160 valence electrons. The molecule has 3 aromatic heterocycles. The van der Waals surface area contributed by atoms with Crippen molar-refractivity contribution in [2.45, 2.75) is 31.7 Å². The van der Waals surface area contributed by atoms with Crippen molar-refractivity contribution in [1.82, 2.24) is 24.5 Å². The van der Waals surface area contributed by atoms with Crippen LogP contribution in [0.3, 0.4) is 0 Å². The van der Waals surface area contributed by atoms with Gasteiger partial charge in [-0.15, -0.1) is 0 Å². The van der Waals surface area contributed by atoms with E-state index in [2.05, 4.69) is 25.3 Å². The van der Waals surface area contributed by atoms with Crippen LogP contribution >= 0.6 is 22.9 Å². The number of thiazole rings is 1. The summed E-state index contributed by atoms with van der Waals surface area (Å²) in [4.78, 5) is 29.9. The number of nitrogens with one attached hydrogen (secondary N) is 1. The third-order valence-corrected chi connectivity index (χ3v) is 6.81. The molecule has 31 heavy (non-hydrogen) atoms. The van der Waals surface area contributed by atoms with Gasteiger partial charge in [0.2, 0.25) is 11.2 Å². The van der Waals surface area contributed by atoms with E-state index in [1.165, 1.54) is 11.3 Å². The Morgan fingerprint density at radius 1 is 1.26 bits per heavy atom. The van der Waals surface area contributed by atoms with Crippen LogP contribution in [-0.2, 0) is 4.79 Å². The lowest BCUT2D eigenvalue weighted by Crippen LogP contribution is -2.28. The van der Waals surface area contributed by atoms with Crippen molar-refractivity contribution in [3.05, 3.63) is 29.8 Å². The molecule has 3 N–H and O–H groups in total. The fraction of sp³-hybridized carbons (Fsp3) is 0.350. The Balaban J connectivity index is 1.26. The molecule has 0 spiro atoms. The van der Waals surface area contributed by atoms with Crippen LogP contribution in [0.2, 0.25) is 5.28 Å². The zero-order valence-electron chi connectivity index (χ0n) is 16.7. The van der Waals surface area contributed by atoms with Crippen LogP contribution in [0.1, 0.15) is 31.7 Å². The van der Waals surface area contributed by atoms with E-state index in [0.29, 0.717) is 16.3 Å². The highest BCUT2D eigenvalue weighted by Crippen LogP contribution is 2.36. The predicted molar refractivity (Wildman–Crippen MR) is 121 cm³/mol. The van der Waals surface area contributed by atoms with Crippen LogP contribution in [0, 0.1) is 5.92 Å². The summed E-state index contributed by atoms with van der Waals surface area (Å²) < 4.78 is 8.22. The molecule has 0 atom stereocenters. The number of nitrogens with zero attached hydrogens (tertiary/aromatic N) is 5. The number of imidazole rings is 1. The van der Waals surface area contributed by atoms with Gasteiger partial charge in [0.05, 0.1) is 23.7 Å². The molecule has 0 saturated heterocycles. The first-order valence-corrected chi connectivity index (χ1v) is 11.1. The quantitative estimate of drug-likeness (QED) is 0.443. The summed E-state index contributed by atoms with van der Waals surface area (Å²) in [6, 6.07) is 5.87. The smallest absolute Gasteiger partial charge is 0.229 e. The molecule has 0 unspecified atom stereocenters. The molecule has 1 saturated carbocycles. The second-order valence-corrected chi connectivity index (χ2v) is 8.92. The summed E-state index contributed by atoms with van der Waals surface area (Å²) in [5, 5.41) is 3.70. The summed E-state index contributed by atoms with van der Waals surface area (Å²) in [5.41, 5.74) is 7.93. The van der Waals surface area contributed by atoms with Gasteiger partial charge < -0.3 is 20.4 Å². The minimum absolute atomic E-state index is 0.00886. The van der Waals surface area contributed by atoms with E-state index < -0.39 is 0 Å². The summed E-state index contributed by atoms with van der Waals surface area (Å²) >= 11 is 7.42. The van der Waals surface area contributed by atoms with Crippen molar-refractivity contribution >= 4 is 61.2 Å². The molecule has 1 aliphatic carbocycles. The van der Waals surface area contributed by atoms with Gasteiger partial charge in [0.25, 0.3) is 0 Å². The molecule has 0 bridgehead atoms. The van der Waals surface area contributed by atoms with Crippen molar-refractivity contribution in [1.29, 1.82) is 0 Å². The maximum atomic E-state index is 12.8. The molecule has 0 radical (unpaired) electrons. The number of fused-ring (bicyclic) bond motifs is 2. The number of anilines is 2. The summed E-state index contributed by atoms with van der Waals surface area (Å²) in [6.07, 6.45) is 4.93. The number of carbonyl (C=O) groups excluding carboxylic acids is 1. The van der Waals surface area contributed by atoms with Crippen molar-refractivity contribution in [2.24, 2.45) is 5.92 Å². The molecule has 1 fully saturated rings. The van der Waals surface area contributed by atoms with Crippen molar-refractivity contribution in [3.8, 4) is 5.75 Å². The number of halogens is 1. The Bertz CT molecular complexity index is 1280. The van der Waals surface area contributed by atoms with Crippen LogP contribution in [-0.4, -0.2) is 37.5 Å². The van der Waals surface area contributed by atoms with Crippen molar-refractivity contribution in [2.75, 3.05) is 18.2 Å². The van der Waals surface area contributed by atoms with Crippen LogP contribution < -0.4 is 15.8 Å². The van der Waals surface area contributed by atoms with Crippen LogP contribution in [0.4, 0.5) is 10.9 Å². The second-order valence-electron chi connectivity index (χ2n) is 7.55. The number of methoxy groups -OCH3 is 1. The molecule has 1 aromatic carbocycles. The molecule has 9 nitrogen and oxygen atoms in total. The third kappa shape index (κ3) is 3.77. The molecule has 4 aromatic rings. The Kier molecular flexibility index (Phi) is 5.11. The Morgan fingerprint density at radius 3 is 2.84 bits per heavy atom. The number of hydrogen-bond donors (Lipinski definition) is 2. The number of aromatic nitrogens is 5. The van der Waals surface area contributed by atoms with E-state index in [1.807, 2.05) is 22.8 Å². The number of hydrogen-bond acceptors (Lipinski definition) is 8. The average molecular weight is 458 g/mol. The van der Waals surface area contributed by atoms with Gasteiger partial charge in [-0.1, -0.05) is 11.3 Å². The largest absolute Gasteiger partial charge is 0.497 e. The Morgan fingerprint density at radius 2 is 2.06 bits per heavy atom. The lowest BCUT2D eigenvalue weighted by molar-refractivity contribution is -0.120. The molecule has 11 heteroatoms. The predicted octanol–water partition coefficient (Wildman–Crippen LogP) is 4.05. The van der Waals surface area contributed by atoms with E-state index in [1.54, 1.807) is 13.4 Å². The molecule has 0 aliphatic heterocycles. The number of ether oxygens (including phenoxy) is 1. The van der Waals surface area contributed by atoms with Crippen molar-refractivity contribution in [3.63, 3.8) is 0 Å². The SMILES string of the molecule is COc1ccc2nc(NC(=O)C3CCC(n4cnc5c(N)nc(Cl)nc54)CC3)sc2c1. The molecule has 5 rings (SSSR count). The summed E-state index contributed by atoms with van der Waals surface area (Å²) in [6.45, 7) is 0. The highest BCUT2D eigenvalue weighted by molar-refractivity contribution is 7.22. The number of nitrogens with two attached hydrogens (primary N) is 1. The first kappa shape index (κ1) is 20.0. The molecule has 1 aliphatic rings. The van der Waals surface area contributed by atoms with Gasteiger partial charge in [0, 0.05) is 12.0 Å². The number of amides is 1. The summed E-state index contributed by atoms with van der Waals surface area (Å²) in [5.74, 6) is 0.994. The number of nitrogen functional groups attached to an aromatic ring is 1. The zero-order chi connectivity index (χ0) is 21.5. The fourth-order valence-corrected chi connectivity index (χ4v) is 5.16. The third-order valence-electron chi connectivity index (χ3n) is 5.71. The maximum Gasteiger partial charge on any atom is 0.229 e. The highest BCUT2D eigenvalue weighted by Gasteiger charge is 2.29. The van der Waals surface area contributed by atoms with E-state index in [0.717, 1.165) is 41.6 Å². The van der Waals surface area contributed by atoms with Gasteiger partial charge in [-0.05, 0) is 55.5 Å². The van der Waals surface area contributed by atoms with E-state index >= 15 is 0 Å². The van der Waals surface area contributed by atoms with Gasteiger partial charge in [-0.25, -0.2) is 9.97 Å². The Labute approximate surface area is 186 Å². The first-order valence-electron chi connectivity index (χ1n) is 9.93. The fourth-order valence-electron chi connectivity index (χ4n) is 4.09. The van der Waals surface area contributed by atoms with Crippen LogP contribution in [0.5, 0.6) is 5.75 Å². The number of carbonyl (C=O) groups is 1. The van der Waals surface area contributed by atoms with Crippen molar-refractivity contribution < 1.29 is 9.53 Å². The first-order chi connectivity index (χ1) is 15.0. The molecule has 1 amide bonds. The minimum Gasteiger partial charge on any atom is -0.497 e. The van der Waals surface area contributed by atoms with Gasteiger partial charge >= 0.3 is 0 Å². The van der Waals surface area contributed by atoms with Gasteiger partial charge in [-0.3, -0.25) is 4.79 Å². The lowest BCUT2D eigenvalue weighted by Gasteiger charge is -2.28. The topological polar surface area (TPSA) is 121 Å². The number of rotatable bonds is 4. The number of benzene rings is 1. The van der Waals surface area contributed by atoms with E-state index in [4.69, 9.17) is 22.1 Å². The van der Waals surface area contributed by atoms with Gasteiger partial charge in [0.1, 0.15) is 11.3 Å².